The van der Waals surface area contributed by atoms with Crippen LogP contribution in [0, 0.1) is 0 Å². The quantitative estimate of drug-likeness (QED) is 0.158. The second-order valence-corrected chi connectivity index (χ2v) is 17.1. The summed E-state index contributed by atoms with van der Waals surface area (Å²) in [5.74, 6) is 0. The summed E-state index contributed by atoms with van der Waals surface area (Å²) in [6.45, 7) is 0. The molecule has 0 aliphatic carbocycles. The lowest BCUT2D eigenvalue weighted by atomic mass is 9.93. The molecule has 3 heteroatoms. The Morgan fingerprint density at radius 1 is 0.344 bits per heavy atom. The number of benzene rings is 11. The molecule has 61 heavy (non-hydrogen) atoms. The number of nitrogens with zero attached hydrogens (tertiary/aromatic N) is 2. The van der Waals surface area contributed by atoms with E-state index in [2.05, 4.69) is 228 Å². The van der Waals surface area contributed by atoms with E-state index < -0.39 is 0 Å². The van der Waals surface area contributed by atoms with Crippen molar-refractivity contribution in [1.82, 2.24) is 4.57 Å². The van der Waals surface area contributed by atoms with Gasteiger partial charge in [-0.15, -0.1) is 11.3 Å². The highest BCUT2D eigenvalue weighted by atomic mass is 32.1. The van der Waals surface area contributed by atoms with Crippen LogP contribution in [0.2, 0.25) is 0 Å². The van der Waals surface area contributed by atoms with E-state index in [9.17, 15) is 0 Å². The second-order valence-electron chi connectivity index (χ2n) is 16.0. The van der Waals surface area contributed by atoms with Crippen LogP contribution in [0.4, 0.5) is 17.1 Å². The lowest BCUT2D eigenvalue weighted by molar-refractivity contribution is 1.19. The van der Waals surface area contributed by atoms with Gasteiger partial charge in [-0.25, -0.2) is 0 Å². The van der Waals surface area contributed by atoms with Crippen LogP contribution in [0.15, 0.2) is 218 Å². The van der Waals surface area contributed by atoms with E-state index in [1.807, 2.05) is 11.3 Å². The third-order valence-corrected chi connectivity index (χ3v) is 13.9. The van der Waals surface area contributed by atoms with Gasteiger partial charge in [0.15, 0.2) is 0 Å². The first-order valence-electron chi connectivity index (χ1n) is 20.9. The Balaban J connectivity index is 1.17. The average Bonchev–Trinajstić information content (AvgIpc) is 3.88. The molecule has 13 rings (SSSR count). The number of aromatic nitrogens is 1. The highest BCUT2D eigenvalue weighted by molar-refractivity contribution is 7.25. The first-order valence-corrected chi connectivity index (χ1v) is 21.7. The van der Waals surface area contributed by atoms with Crippen molar-refractivity contribution in [2.45, 2.75) is 0 Å². The van der Waals surface area contributed by atoms with E-state index in [1.165, 1.54) is 96.2 Å². The smallest absolute Gasteiger partial charge is 0.0640 e. The Kier molecular flexibility index (Phi) is 7.51. The Morgan fingerprint density at radius 2 is 0.934 bits per heavy atom. The molecule has 13 aromatic rings. The van der Waals surface area contributed by atoms with Crippen LogP contribution in [0.5, 0.6) is 0 Å². The van der Waals surface area contributed by atoms with Crippen LogP contribution in [0.25, 0.3) is 102 Å². The summed E-state index contributed by atoms with van der Waals surface area (Å²) in [6, 6.07) is 80.7. The van der Waals surface area contributed by atoms with E-state index in [0.717, 1.165) is 22.7 Å². The third kappa shape index (κ3) is 5.21. The Hall–Kier alpha value is -7.72. The first kappa shape index (κ1) is 34.2. The van der Waals surface area contributed by atoms with Crippen LogP contribution in [-0.2, 0) is 0 Å². The Bertz CT molecular complexity index is 3840. The van der Waals surface area contributed by atoms with Gasteiger partial charge in [0.2, 0.25) is 0 Å². The maximum Gasteiger partial charge on any atom is 0.0640 e. The van der Waals surface area contributed by atoms with Crippen molar-refractivity contribution in [2.24, 2.45) is 0 Å². The number of hydrogen-bond donors (Lipinski definition) is 0. The van der Waals surface area contributed by atoms with Crippen LogP contribution in [0.1, 0.15) is 0 Å². The van der Waals surface area contributed by atoms with Gasteiger partial charge in [0.1, 0.15) is 0 Å². The molecule has 0 spiro atoms. The van der Waals surface area contributed by atoms with Crippen LogP contribution in [0.3, 0.4) is 0 Å². The highest BCUT2D eigenvalue weighted by Gasteiger charge is 2.25. The summed E-state index contributed by atoms with van der Waals surface area (Å²) in [4.78, 5) is 2.49. The van der Waals surface area contributed by atoms with E-state index >= 15 is 0 Å². The predicted molar refractivity (Wildman–Crippen MR) is 264 cm³/mol. The van der Waals surface area contributed by atoms with Crippen molar-refractivity contribution in [2.75, 3.05) is 4.90 Å². The van der Waals surface area contributed by atoms with Gasteiger partial charge < -0.3 is 9.47 Å². The zero-order valence-electron chi connectivity index (χ0n) is 33.1. The van der Waals surface area contributed by atoms with Gasteiger partial charge in [-0.2, -0.15) is 0 Å². The summed E-state index contributed by atoms with van der Waals surface area (Å²) in [6.07, 6.45) is 0. The molecule has 2 heterocycles. The molecule has 2 nitrogen and oxygen atoms in total. The Morgan fingerprint density at radius 3 is 1.69 bits per heavy atom. The first-order chi connectivity index (χ1) is 30.3. The second kappa shape index (κ2) is 13.4. The number of thiophene rings is 1. The van der Waals surface area contributed by atoms with Crippen molar-refractivity contribution in [3.05, 3.63) is 218 Å². The summed E-state index contributed by atoms with van der Waals surface area (Å²) < 4.78 is 5.15. The average molecular weight is 793 g/mol. The van der Waals surface area contributed by atoms with Crippen molar-refractivity contribution < 1.29 is 0 Å². The van der Waals surface area contributed by atoms with Gasteiger partial charge in [0, 0.05) is 53.4 Å². The minimum Gasteiger partial charge on any atom is -0.310 e. The fourth-order valence-corrected chi connectivity index (χ4v) is 11.1. The van der Waals surface area contributed by atoms with Crippen molar-refractivity contribution in [1.29, 1.82) is 0 Å². The van der Waals surface area contributed by atoms with Crippen LogP contribution >= 0.6 is 11.3 Å². The van der Waals surface area contributed by atoms with E-state index in [4.69, 9.17) is 0 Å². The molecule has 0 radical (unpaired) electrons. The molecule has 2 aromatic heterocycles. The fraction of sp³-hybridized carbons (Fsp3) is 0. The van der Waals surface area contributed by atoms with Gasteiger partial charge >= 0.3 is 0 Å². The molecular weight excluding hydrogens is 757 g/mol. The van der Waals surface area contributed by atoms with Crippen LogP contribution < -0.4 is 4.90 Å². The molecule has 11 aromatic carbocycles. The molecule has 284 valence electrons. The van der Waals surface area contributed by atoms with E-state index in [0.29, 0.717) is 0 Å². The summed E-state index contributed by atoms with van der Waals surface area (Å²) in [7, 11) is 0. The topological polar surface area (TPSA) is 8.17 Å². The molecule has 0 saturated heterocycles. The van der Waals surface area contributed by atoms with Crippen molar-refractivity contribution in [3.8, 4) is 16.8 Å². The zero-order valence-corrected chi connectivity index (χ0v) is 33.9. The molecule has 0 amide bonds. The molecular formula is C58H36N2S. The van der Waals surface area contributed by atoms with Gasteiger partial charge in [0.05, 0.1) is 16.7 Å². The zero-order chi connectivity index (χ0) is 40.0. The molecule has 0 unspecified atom stereocenters. The fourth-order valence-electron chi connectivity index (χ4n) is 10.0. The molecule has 0 atom stereocenters. The highest BCUT2D eigenvalue weighted by Crippen LogP contribution is 2.49. The van der Waals surface area contributed by atoms with Gasteiger partial charge in [0.25, 0.3) is 0 Å². The van der Waals surface area contributed by atoms with E-state index in [-0.39, 0.29) is 0 Å². The van der Waals surface area contributed by atoms with E-state index in [1.54, 1.807) is 0 Å². The minimum atomic E-state index is 1.11. The van der Waals surface area contributed by atoms with Crippen molar-refractivity contribution >= 4 is 113 Å². The summed E-state index contributed by atoms with van der Waals surface area (Å²) >= 11 is 1.86. The molecule has 0 fully saturated rings. The minimum absolute atomic E-state index is 1.11. The normalized spacial score (nSPS) is 11.9. The number of hydrogen-bond acceptors (Lipinski definition) is 2. The van der Waals surface area contributed by atoms with Crippen LogP contribution in [-0.4, -0.2) is 4.57 Å². The number of fused-ring (bicyclic) bond motifs is 14. The van der Waals surface area contributed by atoms with Gasteiger partial charge in [-0.1, -0.05) is 158 Å². The standard InChI is InChI=1S/C58H36N2S/c1-3-15-37(16-4-1)38-27-30-50-53(33-38)60(42-29-32-56-52(36-42)49-25-13-14-26-55(49)61-56)58-43-20-8-7-17-39(43)34-54(57(50)58)59(40-18-5-2-6-19-40)41-28-31-48-46-23-10-9-21-44(46)45-22-11-12-24-47(45)51(48)35-41/h1-36H. The largest absolute Gasteiger partial charge is 0.310 e. The monoisotopic (exact) mass is 792 g/mol. The number of rotatable bonds is 5. The lowest BCUT2D eigenvalue weighted by Gasteiger charge is -2.28. The third-order valence-electron chi connectivity index (χ3n) is 12.7. The van der Waals surface area contributed by atoms with Crippen molar-refractivity contribution in [3.63, 3.8) is 0 Å². The summed E-state index contributed by atoms with van der Waals surface area (Å²) in [5, 5.41) is 15.0. The molecule has 0 aliphatic rings. The lowest BCUT2D eigenvalue weighted by Crippen LogP contribution is -2.10. The molecule has 0 saturated carbocycles. The SMILES string of the molecule is c1ccc(-c2ccc3c4c(N(c5ccccc5)c5ccc6c7ccccc7c7ccccc7c6c5)cc5ccccc5c4n(-c4ccc5sc6ccccc6c5c4)c3c2)cc1. The Labute approximate surface area is 356 Å². The molecule has 0 aliphatic heterocycles. The summed E-state index contributed by atoms with van der Waals surface area (Å²) in [5.41, 5.74) is 9.29. The van der Waals surface area contributed by atoms with Gasteiger partial charge in [-0.05, 0) is 109 Å². The number of anilines is 3. The van der Waals surface area contributed by atoms with Gasteiger partial charge in [-0.3, -0.25) is 0 Å². The predicted octanol–water partition coefficient (Wildman–Crippen LogP) is 16.9. The number of para-hydroxylation sites is 1. The maximum absolute atomic E-state index is 2.54. The maximum atomic E-state index is 2.54. The molecule has 0 bridgehead atoms. The molecule has 0 N–H and O–H groups in total.